The molecular formula is C13H24N2O4. The monoisotopic (exact) mass is 272 g/mol. The van der Waals surface area contributed by atoms with Gasteiger partial charge in [-0.2, -0.15) is 0 Å². The predicted molar refractivity (Wildman–Crippen MR) is 71.0 cm³/mol. The van der Waals surface area contributed by atoms with Gasteiger partial charge in [-0.25, -0.2) is 9.59 Å². The van der Waals surface area contributed by atoms with Crippen molar-refractivity contribution in [3.8, 4) is 0 Å². The minimum atomic E-state index is -0.982. The van der Waals surface area contributed by atoms with Crippen LogP contribution >= 0.6 is 0 Å². The maximum Gasteiger partial charge on any atom is 0.326 e. The quantitative estimate of drug-likeness (QED) is 0.791. The van der Waals surface area contributed by atoms with Crippen LogP contribution < -0.4 is 5.32 Å². The molecule has 1 fully saturated rings. The minimum absolute atomic E-state index is 0.0279. The molecule has 0 aromatic carbocycles. The maximum absolute atomic E-state index is 12.2. The van der Waals surface area contributed by atoms with Crippen molar-refractivity contribution in [1.29, 1.82) is 0 Å². The number of carboxylic acid groups (broad SMARTS) is 1. The number of rotatable bonds is 5. The van der Waals surface area contributed by atoms with Crippen LogP contribution in [0.1, 0.15) is 33.6 Å². The number of carboxylic acids is 1. The molecule has 2 amide bonds. The summed E-state index contributed by atoms with van der Waals surface area (Å²) in [5.41, 5.74) is 0. The largest absolute Gasteiger partial charge is 0.480 e. The molecule has 0 aliphatic carbocycles. The fourth-order valence-corrected chi connectivity index (χ4v) is 2.16. The van der Waals surface area contributed by atoms with Crippen LogP contribution in [0.3, 0.4) is 0 Å². The summed E-state index contributed by atoms with van der Waals surface area (Å²) in [4.78, 5) is 25.1. The van der Waals surface area contributed by atoms with Gasteiger partial charge < -0.3 is 20.1 Å². The van der Waals surface area contributed by atoms with Gasteiger partial charge in [0.25, 0.3) is 0 Å². The number of morpholine rings is 1. The van der Waals surface area contributed by atoms with Crippen LogP contribution in [-0.2, 0) is 9.53 Å². The number of hydrogen-bond donors (Lipinski definition) is 2. The molecule has 1 saturated heterocycles. The molecule has 0 bridgehead atoms. The Morgan fingerprint density at radius 2 is 2.16 bits per heavy atom. The number of aliphatic carboxylic acids is 1. The average molecular weight is 272 g/mol. The molecule has 110 valence electrons. The van der Waals surface area contributed by atoms with Crippen molar-refractivity contribution in [2.24, 2.45) is 5.92 Å². The SMILES string of the molecule is CCC(C)[C@H](NC(=O)N1CCOCC1CC)C(=O)O. The van der Waals surface area contributed by atoms with Gasteiger partial charge in [0, 0.05) is 6.54 Å². The third kappa shape index (κ3) is 4.09. The van der Waals surface area contributed by atoms with Crippen molar-refractivity contribution in [2.75, 3.05) is 19.8 Å². The normalized spacial score (nSPS) is 22.7. The van der Waals surface area contributed by atoms with Crippen LogP contribution in [0.2, 0.25) is 0 Å². The first-order valence-electron chi connectivity index (χ1n) is 6.88. The highest BCUT2D eigenvalue weighted by atomic mass is 16.5. The molecule has 6 nitrogen and oxygen atoms in total. The Labute approximate surface area is 114 Å². The molecule has 0 saturated carbocycles. The van der Waals surface area contributed by atoms with E-state index in [0.717, 1.165) is 6.42 Å². The second-order valence-corrected chi connectivity index (χ2v) is 4.98. The molecule has 0 aromatic rings. The van der Waals surface area contributed by atoms with Gasteiger partial charge in [-0.3, -0.25) is 0 Å². The molecule has 6 heteroatoms. The molecular weight excluding hydrogens is 248 g/mol. The van der Waals surface area contributed by atoms with Crippen LogP contribution in [0.5, 0.6) is 0 Å². The van der Waals surface area contributed by atoms with Crippen LogP contribution in [-0.4, -0.2) is 53.8 Å². The summed E-state index contributed by atoms with van der Waals surface area (Å²) in [6.07, 6.45) is 1.51. The van der Waals surface area contributed by atoms with Crippen molar-refractivity contribution < 1.29 is 19.4 Å². The van der Waals surface area contributed by atoms with Crippen LogP contribution in [0.15, 0.2) is 0 Å². The Hall–Kier alpha value is -1.30. The molecule has 1 rings (SSSR count). The summed E-state index contributed by atoms with van der Waals surface area (Å²) in [6, 6.07) is -1.11. The minimum Gasteiger partial charge on any atom is -0.480 e. The van der Waals surface area contributed by atoms with Crippen molar-refractivity contribution in [3.63, 3.8) is 0 Å². The predicted octanol–water partition coefficient (Wildman–Crippen LogP) is 1.31. The molecule has 1 heterocycles. The fourth-order valence-electron chi connectivity index (χ4n) is 2.16. The highest BCUT2D eigenvalue weighted by Gasteiger charge is 2.31. The smallest absolute Gasteiger partial charge is 0.326 e. The van der Waals surface area contributed by atoms with Gasteiger partial charge in [-0.05, 0) is 12.3 Å². The standard InChI is InChI=1S/C13H24N2O4/c1-4-9(3)11(12(16)17)14-13(18)15-6-7-19-8-10(15)5-2/h9-11H,4-8H2,1-3H3,(H,14,18)(H,16,17)/t9?,10?,11-/m0/s1. The second-order valence-electron chi connectivity index (χ2n) is 4.98. The van der Waals surface area contributed by atoms with E-state index in [0.29, 0.717) is 26.2 Å². The Kier molecular flexibility index (Phi) is 6.08. The van der Waals surface area contributed by atoms with E-state index in [1.165, 1.54) is 0 Å². The zero-order valence-electron chi connectivity index (χ0n) is 11.9. The third-order valence-electron chi connectivity index (χ3n) is 3.72. The lowest BCUT2D eigenvalue weighted by Crippen LogP contribution is -2.56. The van der Waals surface area contributed by atoms with E-state index in [2.05, 4.69) is 5.32 Å². The first-order chi connectivity index (χ1) is 9.01. The number of carbonyl (C=O) groups excluding carboxylic acids is 1. The lowest BCUT2D eigenvalue weighted by Gasteiger charge is -2.36. The average Bonchev–Trinajstić information content (AvgIpc) is 2.43. The van der Waals surface area contributed by atoms with Crippen LogP contribution in [0, 0.1) is 5.92 Å². The van der Waals surface area contributed by atoms with Gasteiger partial charge in [0.05, 0.1) is 19.3 Å². The molecule has 2 unspecified atom stereocenters. The van der Waals surface area contributed by atoms with Crippen molar-refractivity contribution in [2.45, 2.75) is 45.7 Å². The molecule has 19 heavy (non-hydrogen) atoms. The molecule has 3 atom stereocenters. The van der Waals surface area contributed by atoms with Crippen molar-refractivity contribution in [1.82, 2.24) is 10.2 Å². The third-order valence-corrected chi connectivity index (χ3v) is 3.72. The van der Waals surface area contributed by atoms with Gasteiger partial charge in [0.1, 0.15) is 6.04 Å². The second kappa shape index (κ2) is 7.33. The van der Waals surface area contributed by atoms with E-state index >= 15 is 0 Å². The summed E-state index contributed by atoms with van der Waals surface area (Å²) >= 11 is 0. The Morgan fingerprint density at radius 3 is 2.68 bits per heavy atom. The number of amides is 2. The number of hydrogen-bond acceptors (Lipinski definition) is 3. The fraction of sp³-hybridized carbons (Fsp3) is 0.846. The number of nitrogens with zero attached hydrogens (tertiary/aromatic N) is 1. The van der Waals surface area contributed by atoms with Crippen molar-refractivity contribution >= 4 is 12.0 Å². The van der Waals surface area contributed by atoms with Gasteiger partial charge in [-0.1, -0.05) is 27.2 Å². The highest BCUT2D eigenvalue weighted by molar-refractivity contribution is 5.83. The first kappa shape index (κ1) is 15.8. The summed E-state index contributed by atoms with van der Waals surface area (Å²) in [6.45, 7) is 7.27. The summed E-state index contributed by atoms with van der Waals surface area (Å²) in [5.74, 6) is -1.08. The molecule has 0 aromatic heterocycles. The van der Waals surface area contributed by atoms with Crippen LogP contribution in [0.4, 0.5) is 4.79 Å². The zero-order valence-corrected chi connectivity index (χ0v) is 11.9. The number of urea groups is 1. The Morgan fingerprint density at radius 1 is 1.47 bits per heavy atom. The summed E-state index contributed by atoms with van der Waals surface area (Å²) < 4.78 is 5.34. The zero-order chi connectivity index (χ0) is 14.4. The molecule has 1 aliphatic rings. The van der Waals surface area contributed by atoms with Crippen LogP contribution in [0.25, 0.3) is 0 Å². The number of nitrogens with one attached hydrogen (secondary N) is 1. The molecule has 0 radical (unpaired) electrons. The Balaban J connectivity index is 2.67. The summed E-state index contributed by atoms with van der Waals surface area (Å²) in [5, 5.41) is 11.8. The summed E-state index contributed by atoms with van der Waals surface area (Å²) in [7, 11) is 0. The van der Waals surface area contributed by atoms with Gasteiger partial charge in [0.2, 0.25) is 0 Å². The van der Waals surface area contributed by atoms with Gasteiger partial charge in [0.15, 0.2) is 0 Å². The highest BCUT2D eigenvalue weighted by Crippen LogP contribution is 2.13. The van der Waals surface area contributed by atoms with Crippen molar-refractivity contribution in [3.05, 3.63) is 0 Å². The maximum atomic E-state index is 12.2. The van der Waals surface area contributed by atoms with E-state index in [4.69, 9.17) is 4.74 Å². The Bertz CT molecular complexity index is 322. The van der Waals surface area contributed by atoms with E-state index in [9.17, 15) is 14.7 Å². The van der Waals surface area contributed by atoms with E-state index < -0.39 is 12.0 Å². The van der Waals surface area contributed by atoms with Gasteiger partial charge >= 0.3 is 12.0 Å². The lowest BCUT2D eigenvalue weighted by molar-refractivity contribution is -0.140. The molecule has 0 spiro atoms. The number of carbonyl (C=O) groups is 2. The van der Waals surface area contributed by atoms with E-state index in [1.807, 2.05) is 20.8 Å². The van der Waals surface area contributed by atoms with E-state index in [1.54, 1.807) is 4.90 Å². The molecule has 2 N–H and O–H groups in total. The molecule has 1 aliphatic heterocycles. The lowest BCUT2D eigenvalue weighted by atomic mass is 9.99. The number of ether oxygens (including phenoxy) is 1. The topological polar surface area (TPSA) is 78.9 Å². The van der Waals surface area contributed by atoms with E-state index in [-0.39, 0.29) is 18.0 Å². The van der Waals surface area contributed by atoms with Gasteiger partial charge in [-0.15, -0.1) is 0 Å². The first-order valence-corrected chi connectivity index (χ1v) is 6.88.